The molecule has 140 valence electrons. The average Bonchev–Trinajstić information content (AvgIpc) is 2.86. The summed E-state index contributed by atoms with van der Waals surface area (Å²) in [6.45, 7) is 2.28. The van der Waals surface area contributed by atoms with E-state index >= 15 is 0 Å². The minimum Gasteiger partial charge on any atom is -0.496 e. The molecule has 0 radical (unpaired) electrons. The van der Waals surface area contributed by atoms with E-state index < -0.39 is 17.6 Å². The van der Waals surface area contributed by atoms with Gasteiger partial charge >= 0.3 is 6.18 Å². The Morgan fingerprint density at radius 1 is 1.23 bits per heavy atom. The van der Waals surface area contributed by atoms with E-state index in [4.69, 9.17) is 4.74 Å². The highest BCUT2D eigenvalue weighted by Crippen LogP contribution is 2.41. The van der Waals surface area contributed by atoms with E-state index in [1.165, 1.54) is 6.07 Å². The molecule has 26 heavy (non-hydrogen) atoms. The van der Waals surface area contributed by atoms with Crippen LogP contribution in [0.25, 0.3) is 0 Å². The number of hydrogen-bond acceptors (Lipinski definition) is 4. The van der Waals surface area contributed by atoms with E-state index in [-0.39, 0.29) is 18.4 Å². The number of nitrogens with zero attached hydrogens (tertiary/aromatic N) is 1. The summed E-state index contributed by atoms with van der Waals surface area (Å²) in [4.78, 5) is 2.04. The van der Waals surface area contributed by atoms with E-state index in [0.29, 0.717) is 5.75 Å². The third kappa shape index (κ3) is 3.23. The first-order valence-corrected chi connectivity index (χ1v) is 8.02. The fourth-order valence-corrected chi connectivity index (χ4v) is 3.06. The number of anilines is 3. The zero-order valence-corrected chi connectivity index (χ0v) is 14.5. The highest BCUT2D eigenvalue weighted by atomic mass is 19.4. The molecule has 4 nitrogen and oxygen atoms in total. The fourth-order valence-electron chi connectivity index (χ4n) is 3.06. The van der Waals surface area contributed by atoms with Crippen molar-refractivity contribution in [2.24, 2.45) is 0 Å². The minimum atomic E-state index is -4.71. The predicted molar refractivity (Wildman–Crippen MR) is 93.2 cm³/mol. The highest BCUT2D eigenvalue weighted by molar-refractivity contribution is 5.81. The maximum absolute atomic E-state index is 13.7. The van der Waals surface area contributed by atoms with E-state index in [1.807, 2.05) is 31.0 Å². The van der Waals surface area contributed by atoms with E-state index in [1.54, 1.807) is 7.11 Å². The molecule has 8 heteroatoms. The Balaban J connectivity index is 1.87. The number of benzene rings is 2. The van der Waals surface area contributed by atoms with Crippen molar-refractivity contribution in [3.05, 3.63) is 47.3 Å². The standard InChI is InChI=1S/C18H19F4N3O/c1-10-24-15-6-7-16(26-3)12(17(15)25(10)2)9-23-11-4-5-13(14(19)8-11)18(20,21)22/h4-8,10,23-24H,9H2,1-3H3. The zero-order chi connectivity index (χ0) is 19.1. The Morgan fingerprint density at radius 2 is 1.96 bits per heavy atom. The van der Waals surface area contributed by atoms with Crippen LogP contribution in [0, 0.1) is 5.82 Å². The van der Waals surface area contributed by atoms with Crippen LogP contribution in [0.2, 0.25) is 0 Å². The van der Waals surface area contributed by atoms with E-state index in [2.05, 4.69) is 10.6 Å². The largest absolute Gasteiger partial charge is 0.496 e. The van der Waals surface area contributed by atoms with Crippen LogP contribution >= 0.6 is 0 Å². The van der Waals surface area contributed by atoms with Crippen LogP contribution in [0.5, 0.6) is 5.75 Å². The number of nitrogens with one attached hydrogen (secondary N) is 2. The van der Waals surface area contributed by atoms with Gasteiger partial charge in [-0.15, -0.1) is 0 Å². The Bertz CT molecular complexity index is 823. The van der Waals surface area contributed by atoms with Crippen molar-refractivity contribution in [1.29, 1.82) is 0 Å². The molecular weight excluding hydrogens is 350 g/mol. The SMILES string of the molecule is COc1ccc2c(c1CNc1ccc(C(F)(F)F)c(F)c1)N(C)C(C)N2. The third-order valence-corrected chi connectivity index (χ3v) is 4.50. The van der Waals surface area contributed by atoms with Crippen molar-refractivity contribution in [1.82, 2.24) is 0 Å². The van der Waals surface area contributed by atoms with Gasteiger partial charge in [-0.3, -0.25) is 0 Å². The lowest BCUT2D eigenvalue weighted by atomic mass is 10.1. The molecule has 0 bridgehead atoms. The molecule has 2 N–H and O–H groups in total. The van der Waals surface area contributed by atoms with Gasteiger partial charge in [-0.1, -0.05) is 0 Å². The second-order valence-electron chi connectivity index (χ2n) is 6.12. The summed E-state index contributed by atoms with van der Waals surface area (Å²) in [5, 5.41) is 6.31. The molecular formula is C18H19F4N3O. The van der Waals surface area contributed by atoms with Crippen molar-refractivity contribution in [3.63, 3.8) is 0 Å². The maximum Gasteiger partial charge on any atom is 0.419 e. The predicted octanol–water partition coefficient (Wildman–Crippen LogP) is 4.67. The number of methoxy groups -OCH3 is 1. The summed E-state index contributed by atoms with van der Waals surface area (Å²) in [6.07, 6.45) is -4.62. The topological polar surface area (TPSA) is 36.5 Å². The molecule has 0 fully saturated rings. The lowest BCUT2D eigenvalue weighted by Crippen LogP contribution is -2.29. The van der Waals surface area contributed by atoms with Gasteiger partial charge in [0.05, 0.1) is 30.2 Å². The van der Waals surface area contributed by atoms with Gasteiger partial charge in [0.15, 0.2) is 0 Å². The molecule has 1 aliphatic heterocycles. The summed E-state index contributed by atoms with van der Waals surface area (Å²) in [7, 11) is 3.49. The van der Waals surface area contributed by atoms with Crippen LogP contribution in [-0.2, 0) is 12.7 Å². The first-order chi connectivity index (χ1) is 12.2. The van der Waals surface area contributed by atoms with E-state index in [9.17, 15) is 17.6 Å². The van der Waals surface area contributed by atoms with Crippen molar-refractivity contribution in [2.75, 3.05) is 29.7 Å². The highest BCUT2D eigenvalue weighted by Gasteiger charge is 2.34. The quantitative estimate of drug-likeness (QED) is 0.768. The van der Waals surface area contributed by atoms with Gasteiger partial charge in [-0.05, 0) is 37.3 Å². The van der Waals surface area contributed by atoms with Gasteiger partial charge < -0.3 is 20.3 Å². The van der Waals surface area contributed by atoms with Crippen LogP contribution in [0.15, 0.2) is 30.3 Å². The number of fused-ring (bicyclic) bond motifs is 1. The Labute approximate surface area is 148 Å². The Kier molecular flexibility index (Phi) is 4.60. The van der Waals surface area contributed by atoms with Gasteiger partial charge in [0.2, 0.25) is 0 Å². The molecule has 1 heterocycles. The third-order valence-electron chi connectivity index (χ3n) is 4.50. The van der Waals surface area contributed by atoms with Crippen molar-refractivity contribution >= 4 is 17.1 Å². The molecule has 1 atom stereocenters. The normalized spacial score (nSPS) is 16.3. The van der Waals surface area contributed by atoms with Crippen molar-refractivity contribution < 1.29 is 22.3 Å². The maximum atomic E-state index is 13.7. The van der Waals surface area contributed by atoms with Crippen molar-refractivity contribution in [3.8, 4) is 5.75 Å². The summed E-state index contributed by atoms with van der Waals surface area (Å²) in [5.41, 5.74) is 1.70. The monoisotopic (exact) mass is 369 g/mol. The molecule has 0 aromatic heterocycles. The number of rotatable bonds is 4. The number of halogens is 4. The molecule has 2 aromatic rings. The summed E-state index contributed by atoms with van der Waals surface area (Å²) in [5.74, 6) is -0.661. The first kappa shape index (κ1) is 18.2. The molecule has 0 aliphatic carbocycles. The Hall–Kier alpha value is -2.64. The summed E-state index contributed by atoms with van der Waals surface area (Å²) >= 11 is 0. The minimum absolute atomic E-state index is 0.0966. The molecule has 0 spiro atoms. The molecule has 2 aromatic carbocycles. The van der Waals surface area contributed by atoms with Gasteiger partial charge in [0.25, 0.3) is 0 Å². The van der Waals surface area contributed by atoms with Crippen LogP contribution in [0.4, 0.5) is 34.6 Å². The number of ether oxygens (including phenoxy) is 1. The van der Waals surface area contributed by atoms with Crippen LogP contribution in [-0.4, -0.2) is 20.3 Å². The average molecular weight is 369 g/mol. The summed E-state index contributed by atoms with van der Waals surface area (Å²) in [6, 6.07) is 6.53. The zero-order valence-electron chi connectivity index (χ0n) is 14.5. The first-order valence-electron chi connectivity index (χ1n) is 8.02. The Morgan fingerprint density at radius 3 is 2.58 bits per heavy atom. The molecule has 0 saturated carbocycles. The smallest absolute Gasteiger partial charge is 0.419 e. The van der Waals surface area contributed by atoms with Gasteiger partial charge in [0.1, 0.15) is 11.6 Å². The lowest BCUT2D eigenvalue weighted by Gasteiger charge is -2.22. The lowest BCUT2D eigenvalue weighted by molar-refractivity contribution is -0.139. The van der Waals surface area contributed by atoms with Gasteiger partial charge in [-0.25, -0.2) is 4.39 Å². The molecule has 0 saturated heterocycles. The fraction of sp³-hybridized carbons (Fsp3) is 0.333. The van der Waals surface area contributed by atoms with Gasteiger partial charge in [0, 0.05) is 24.8 Å². The molecule has 1 aliphatic rings. The second-order valence-corrected chi connectivity index (χ2v) is 6.12. The number of hydrogen-bond donors (Lipinski definition) is 2. The van der Waals surface area contributed by atoms with Gasteiger partial charge in [-0.2, -0.15) is 13.2 Å². The van der Waals surface area contributed by atoms with Crippen molar-refractivity contribution in [2.45, 2.75) is 25.8 Å². The molecule has 3 rings (SSSR count). The second kappa shape index (κ2) is 6.59. The molecule has 0 amide bonds. The number of alkyl halides is 3. The van der Waals surface area contributed by atoms with E-state index in [0.717, 1.165) is 29.1 Å². The summed E-state index contributed by atoms with van der Waals surface area (Å²) < 4.78 is 57.2. The van der Waals surface area contributed by atoms with Crippen LogP contribution in [0.1, 0.15) is 18.1 Å². The van der Waals surface area contributed by atoms with Crippen LogP contribution < -0.4 is 20.3 Å². The molecule has 1 unspecified atom stereocenters. The van der Waals surface area contributed by atoms with Crippen LogP contribution in [0.3, 0.4) is 0 Å².